The molecule has 0 atom stereocenters. The number of carbonyl (C=O) groups excluding carboxylic acids is 1. The predicted octanol–water partition coefficient (Wildman–Crippen LogP) is 2.41. The van der Waals surface area contributed by atoms with Crippen LogP contribution in [-0.2, 0) is 10.2 Å². The Hall–Kier alpha value is -1.03. The highest BCUT2D eigenvalue weighted by atomic mass is 79.9. The van der Waals surface area contributed by atoms with Crippen molar-refractivity contribution in [3.05, 3.63) is 23.8 Å². The predicted molar refractivity (Wildman–Crippen MR) is 62.3 cm³/mol. The average molecular weight is 283 g/mol. The molecular formula is C12H11BrO3. The van der Waals surface area contributed by atoms with Gasteiger partial charge < -0.3 is 9.47 Å². The maximum atomic E-state index is 11.9. The van der Waals surface area contributed by atoms with Crippen LogP contribution in [0.25, 0.3) is 0 Å². The highest BCUT2D eigenvalue weighted by Crippen LogP contribution is 2.51. The van der Waals surface area contributed by atoms with E-state index in [4.69, 9.17) is 9.47 Å². The molecule has 1 aromatic carbocycles. The van der Waals surface area contributed by atoms with E-state index in [1.807, 2.05) is 18.2 Å². The van der Waals surface area contributed by atoms with Gasteiger partial charge in [0.25, 0.3) is 0 Å². The van der Waals surface area contributed by atoms with Crippen molar-refractivity contribution >= 4 is 21.7 Å². The molecule has 0 radical (unpaired) electrons. The van der Waals surface area contributed by atoms with Gasteiger partial charge in [0, 0.05) is 0 Å². The van der Waals surface area contributed by atoms with Crippen molar-refractivity contribution in [1.82, 2.24) is 0 Å². The van der Waals surface area contributed by atoms with Crippen LogP contribution in [-0.4, -0.2) is 17.9 Å². The Morgan fingerprint density at radius 2 is 2.06 bits per heavy atom. The lowest BCUT2D eigenvalue weighted by Gasteiger charge is -2.13. The van der Waals surface area contributed by atoms with Crippen LogP contribution in [0, 0.1) is 0 Å². The van der Waals surface area contributed by atoms with E-state index in [9.17, 15) is 4.79 Å². The molecule has 0 unspecified atom stereocenters. The van der Waals surface area contributed by atoms with E-state index < -0.39 is 0 Å². The van der Waals surface area contributed by atoms with E-state index >= 15 is 0 Å². The lowest BCUT2D eigenvalue weighted by Crippen LogP contribution is -2.21. The molecule has 0 aromatic heterocycles. The number of rotatable bonds is 3. The quantitative estimate of drug-likeness (QED) is 0.799. The van der Waals surface area contributed by atoms with E-state index in [2.05, 4.69) is 15.9 Å². The molecule has 4 heteroatoms. The molecule has 2 aliphatic rings. The fourth-order valence-electron chi connectivity index (χ4n) is 2.18. The minimum absolute atomic E-state index is 0.256. The molecular weight excluding hydrogens is 272 g/mol. The summed E-state index contributed by atoms with van der Waals surface area (Å²) >= 11 is 3.24. The van der Waals surface area contributed by atoms with Crippen LogP contribution in [0.3, 0.4) is 0 Å². The number of halogens is 1. The second kappa shape index (κ2) is 3.48. The van der Waals surface area contributed by atoms with E-state index in [-0.39, 0.29) is 18.0 Å². The van der Waals surface area contributed by atoms with Gasteiger partial charge in [-0.15, -0.1) is 0 Å². The zero-order valence-electron chi connectivity index (χ0n) is 8.66. The topological polar surface area (TPSA) is 35.5 Å². The van der Waals surface area contributed by atoms with Crippen molar-refractivity contribution < 1.29 is 14.3 Å². The van der Waals surface area contributed by atoms with Gasteiger partial charge in [-0.05, 0) is 30.5 Å². The zero-order valence-corrected chi connectivity index (χ0v) is 10.2. The number of ether oxygens (including phenoxy) is 2. The molecule has 84 valence electrons. The third-order valence-corrected chi connectivity index (χ3v) is 3.84. The fraction of sp³-hybridized carbons (Fsp3) is 0.417. The summed E-state index contributed by atoms with van der Waals surface area (Å²) in [6.45, 7) is 0.276. The number of alkyl halides is 1. The first-order chi connectivity index (χ1) is 7.76. The highest BCUT2D eigenvalue weighted by Gasteiger charge is 2.50. The van der Waals surface area contributed by atoms with Gasteiger partial charge in [-0.25, -0.2) is 0 Å². The first kappa shape index (κ1) is 10.1. The summed E-state index contributed by atoms with van der Waals surface area (Å²) < 4.78 is 10.6. The molecule has 1 aliphatic heterocycles. The first-order valence-electron chi connectivity index (χ1n) is 5.26. The number of hydrogen-bond donors (Lipinski definition) is 0. The standard InChI is InChI=1S/C12H11BrO3/c13-6-11(14)12(3-4-12)8-1-2-9-10(5-8)16-7-15-9/h1-2,5H,3-4,6-7H2. The third kappa shape index (κ3) is 1.36. The molecule has 3 nitrogen and oxygen atoms in total. The van der Waals surface area contributed by atoms with Gasteiger partial charge in [0.2, 0.25) is 6.79 Å². The van der Waals surface area contributed by atoms with Crippen LogP contribution in [0.2, 0.25) is 0 Å². The number of hydrogen-bond acceptors (Lipinski definition) is 3. The van der Waals surface area contributed by atoms with Gasteiger partial charge in [0.1, 0.15) is 0 Å². The SMILES string of the molecule is O=C(CBr)C1(c2ccc3c(c2)OCO3)CC1. The largest absolute Gasteiger partial charge is 0.454 e. The molecule has 1 heterocycles. The van der Waals surface area contributed by atoms with Gasteiger partial charge in [-0.3, -0.25) is 4.79 Å². The number of ketones is 1. The van der Waals surface area contributed by atoms with E-state index in [0.717, 1.165) is 29.9 Å². The van der Waals surface area contributed by atoms with Crippen molar-refractivity contribution in [2.45, 2.75) is 18.3 Å². The minimum Gasteiger partial charge on any atom is -0.454 e. The lowest BCUT2D eigenvalue weighted by molar-refractivity contribution is -0.118. The summed E-state index contributed by atoms with van der Waals surface area (Å²) in [5.74, 6) is 1.78. The van der Waals surface area contributed by atoms with E-state index in [0.29, 0.717) is 5.33 Å². The van der Waals surface area contributed by atoms with Crippen LogP contribution in [0.15, 0.2) is 18.2 Å². The summed E-state index contributed by atoms with van der Waals surface area (Å²) in [5, 5.41) is 0.418. The second-order valence-electron chi connectivity index (χ2n) is 4.21. The Kier molecular flexibility index (Phi) is 2.21. The number of fused-ring (bicyclic) bond motifs is 1. The van der Waals surface area contributed by atoms with Crippen molar-refractivity contribution in [3.8, 4) is 11.5 Å². The average Bonchev–Trinajstić information content (AvgIpc) is 3.00. The molecule has 1 aromatic rings. The van der Waals surface area contributed by atoms with Gasteiger partial charge in [-0.2, -0.15) is 0 Å². The highest BCUT2D eigenvalue weighted by molar-refractivity contribution is 9.09. The van der Waals surface area contributed by atoms with Crippen molar-refractivity contribution in [3.63, 3.8) is 0 Å². The summed E-state index contributed by atoms with van der Waals surface area (Å²) in [5.41, 5.74) is 0.797. The Labute approximate surface area is 102 Å². The normalized spacial score (nSPS) is 19.6. The van der Waals surface area contributed by atoms with Crippen molar-refractivity contribution in [2.24, 2.45) is 0 Å². The number of Topliss-reactive ketones (excluding diaryl/α,β-unsaturated/α-hetero) is 1. The van der Waals surface area contributed by atoms with Crippen LogP contribution in [0.5, 0.6) is 11.5 Å². The Morgan fingerprint density at radius 1 is 1.31 bits per heavy atom. The summed E-state index contributed by atoms with van der Waals surface area (Å²) in [6.07, 6.45) is 1.88. The van der Waals surface area contributed by atoms with Crippen molar-refractivity contribution in [2.75, 3.05) is 12.1 Å². The molecule has 1 saturated carbocycles. The Bertz CT molecular complexity index is 452. The summed E-state index contributed by atoms with van der Waals surface area (Å²) in [7, 11) is 0. The molecule has 0 N–H and O–H groups in total. The maximum Gasteiger partial charge on any atom is 0.231 e. The fourth-order valence-corrected chi connectivity index (χ4v) is 2.71. The smallest absolute Gasteiger partial charge is 0.231 e. The number of carbonyl (C=O) groups is 1. The molecule has 16 heavy (non-hydrogen) atoms. The van der Waals surface area contributed by atoms with E-state index in [1.165, 1.54) is 0 Å². The van der Waals surface area contributed by atoms with Crippen LogP contribution < -0.4 is 9.47 Å². The first-order valence-corrected chi connectivity index (χ1v) is 6.38. The summed E-state index contributed by atoms with van der Waals surface area (Å²) in [4.78, 5) is 11.9. The number of benzene rings is 1. The summed E-state index contributed by atoms with van der Waals surface area (Å²) in [6, 6.07) is 5.80. The van der Waals surface area contributed by atoms with E-state index in [1.54, 1.807) is 0 Å². The molecule has 0 spiro atoms. The van der Waals surface area contributed by atoms with Crippen LogP contribution >= 0.6 is 15.9 Å². The minimum atomic E-state index is -0.259. The van der Waals surface area contributed by atoms with Crippen LogP contribution in [0.1, 0.15) is 18.4 Å². The molecule has 0 saturated heterocycles. The molecule has 3 rings (SSSR count). The van der Waals surface area contributed by atoms with Gasteiger partial charge in [0.15, 0.2) is 17.3 Å². The second-order valence-corrected chi connectivity index (χ2v) is 4.77. The Morgan fingerprint density at radius 3 is 2.75 bits per heavy atom. The molecule has 1 aliphatic carbocycles. The lowest BCUT2D eigenvalue weighted by atomic mass is 9.92. The monoisotopic (exact) mass is 282 g/mol. The molecule has 0 amide bonds. The van der Waals surface area contributed by atoms with Gasteiger partial charge in [0.05, 0.1) is 10.7 Å². The Balaban J connectivity index is 1.99. The van der Waals surface area contributed by atoms with Gasteiger partial charge in [-0.1, -0.05) is 22.0 Å². The molecule has 1 fully saturated rings. The molecule has 0 bridgehead atoms. The van der Waals surface area contributed by atoms with Crippen LogP contribution in [0.4, 0.5) is 0 Å². The third-order valence-electron chi connectivity index (χ3n) is 3.33. The zero-order chi connectivity index (χ0) is 11.2. The maximum absolute atomic E-state index is 11.9. The van der Waals surface area contributed by atoms with Gasteiger partial charge >= 0.3 is 0 Å². The van der Waals surface area contributed by atoms with Crippen molar-refractivity contribution in [1.29, 1.82) is 0 Å².